The van der Waals surface area contributed by atoms with Crippen LogP contribution in [-0.2, 0) is 110 Å². The van der Waals surface area contributed by atoms with Gasteiger partial charge in [0, 0.05) is 91.0 Å². The van der Waals surface area contributed by atoms with Crippen LogP contribution in [0, 0.1) is 5.41 Å². The molecule has 3 aliphatic heterocycles. The minimum atomic E-state index is -3.55. The van der Waals surface area contributed by atoms with E-state index in [4.69, 9.17) is 64.3 Å². The van der Waals surface area contributed by atoms with Gasteiger partial charge in [-0.25, -0.2) is 4.99 Å². The number of aliphatic imine (C=N–C) groups is 1. The molecule has 0 amide bonds. The fourth-order valence-electron chi connectivity index (χ4n) is 10.9. The number of carbonyl (C=O) groups is 12. The van der Waals surface area contributed by atoms with Gasteiger partial charge in [0.1, 0.15) is 19.3 Å². The Morgan fingerprint density at radius 2 is 0.809 bits per heavy atom. The number of thiocarbonyl (C=S) groups is 1. The van der Waals surface area contributed by atoms with Crippen molar-refractivity contribution in [2.75, 3.05) is 59.4 Å². The van der Waals surface area contributed by atoms with Gasteiger partial charge in [-0.2, -0.15) is 0 Å². The summed E-state index contributed by atoms with van der Waals surface area (Å²) in [6.45, 7) is 11.0. The summed E-state index contributed by atoms with van der Waals surface area (Å²) in [5.74, 6) is -10.7. The van der Waals surface area contributed by atoms with E-state index in [-0.39, 0.29) is 97.9 Å². The van der Waals surface area contributed by atoms with E-state index in [1.165, 1.54) is 37.4 Å². The van der Waals surface area contributed by atoms with Crippen LogP contribution >= 0.6 is 47.5 Å². The minimum absolute atomic E-state index is 0.00259. The first kappa shape index (κ1) is 78.3. The Kier molecular flexibility index (Phi) is 31.4. The summed E-state index contributed by atoms with van der Waals surface area (Å²) in [7, 11) is 0. The third kappa shape index (κ3) is 21.0. The number of hydrogen-bond donors (Lipinski definition) is 4. The van der Waals surface area contributed by atoms with Crippen LogP contribution in [0.4, 0.5) is 0 Å². The van der Waals surface area contributed by atoms with E-state index in [1.807, 2.05) is 0 Å². The van der Waals surface area contributed by atoms with Crippen molar-refractivity contribution in [2.45, 2.75) is 213 Å². The van der Waals surface area contributed by atoms with Gasteiger partial charge in [-0.05, 0) is 78.4 Å². The average molecular weight is 1340 g/mol. The number of ether oxygens (including phenoxy) is 11. The van der Waals surface area contributed by atoms with Gasteiger partial charge in [0.05, 0.1) is 52.7 Å². The highest BCUT2D eigenvalue weighted by Gasteiger charge is 2.78. The average Bonchev–Trinajstić information content (AvgIpc) is 0.751. The van der Waals surface area contributed by atoms with Crippen molar-refractivity contribution in [1.82, 2.24) is 0 Å². The number of aliphatic hydroxyl groups is 4. The SMILES string of the molecule is CC(=O)OC[C@@H]1S[C@H](CCCOCC(CN=C=S)(COCCC[C@H]2S[C@@H](COC(C)=O)[C@@H](OC(C)=O)[C@H](OC(C)=O)[C@@H]2OC(C)=O)COCCC[C@H]2S[C@@H](C(O)C(C)=O)[C@](O)(C(C)=O)[C@@](O)(C(C)=O)[C@]2(O)C(C)=O)[C@@H](OC(C)=O)[C@@H](OC(C)=O)[C@@H]1OC(C)=O. The number of thioether (sulfide) groups is 3. The molecule has 0 radical (unpaired) electrons. The van der Waals surface area contributed by atoms with E-state index in [0.29, 0.717) is 11.8 Å². The summed E-state index contributed by atoms with van der Waals surface area (Å²) in [6.07, 6.45) is -8.94. The van der Waals surface area contributed by atoms with Crippen LogP contribution in [0.1, 0.15) is 122 Å². The summed E-state index contributed by atoms with van der Waals surface area (Å²) >= 11 is 7.84. The molecule has 32 heteroatoms. The highest BCUT2D eigenvalue weighted by molar-refractivity contribution is 8.01. The monoisotopic (exact) mass is 1340 g/mol. The molecule has 89 heavy (non-hydrogen) atoms. The van der Waals surface area contributed by atoms with Crippen LogP contribution in [-0.4, -0.2) is 247 Å². The van der Waals surface area contributed by atoms with E-state index in [0.717, 1.165) is 69.2 Å². The normalized spacial score (nSPS) is 30.1. The fraction of sp³-hybridized carbons (Fsp3) is 0.772. The molecule has 16 atom stereocenters. The molecule has 0 aromatic heterocycles. The fourth-order valence-corrected chi connectivity index (χ4v) is 16.3. The Bertz CT molecular complexity index is 2500. The summed E-state index contributed by atoms with van der Waals surface area (Å²) in [5.41, 5.74) is -11.3. The summed E-state index contributed by atoms with van der Waals surface area (Å²) < 4.78 is 63.4. The zero-order valence-electron chi connectivity index (χ0n) is 51.9. The summed E-state index contributed by atoms with van der Waals surface area (Å²) in [6, 6.07) is 0. The number of esters is 8. The van der Waals surface area contributed by atoms with Gasteiger partial charge in [-0.3, -0.25) is 57.5 Å². The molecular weight excluding hydrogens is 1260 g/mol. The third-order valence-corrected chi connectivity index (χ3v) is 19.9. The van der Waals surface area contributed by atoms with Gasteiger partial charge in [0.2, 0.25) is 0 Å². The van der Waals surface area contributed by atoms with Gasteiger partial charge in [0.15, 0.2) is 76.6 Å². The van der Waals surface area contributed by atoms with Crippen LogP contribution < -0.4 is 0 Å². The highest BCUT2D eigenvalue weighted by Crippen LogP contribution is 2.54. The van der Waals surface area contributed by atoms with E-state index >= 15 is 0 Å². The van der Waals surface area contributed by atoms with Crippen molar-refractivity contribution < 1.29 is 130 Å². The number of ketones is 4. The highest BCUT2D eigenvalue weighted by atomic mass is 32.2. The largest absolute Gasteiger partial charge is 0.465 e. The number of hydrogen-bond acceptors (Lipinski definition) is 32. The van der Waals surface area contributed by atoms with Gasteiger partial charge in [0.25, 0.3) is 0 Å². The first-order chi connectivity index (χ1) is 41.5. The number of rotatable bonds is 35. The molecule has 0 aliphatic carbocycles. The zero-order chi connectivity index (χ0) is 67.4. The molecule has 0 spiro atoms. The van der Waals surface area contributed by atoms with Gasteiger partial charge in [-0.1, -0.05) is 0 Å². The number of aliphatic hydroxyl groups excluding tert-OH is 1. The molecular formula is C57H83NO27S4. The van der Waals surface area contributed by atoms with Crippen molar-refractivity contribution in [1.29, 1.82) is 0 Å². The molecule has 0 saturated carbocycles. The van der Waals surface area contributed by atoms with Crippen LogP contribution in [0.15, 0.2) is 4.99 Å². The third-order valence-electron chi connectivity index (χ3n) is 14.8. The molecule has 0 aromatic rings. The maximum absolute atomic E-state index is 13.5. The lowest BCUT2D eigenvalue weighted by Crippen LogP contribution is -2.85. The zero-order valence-corrected chi connectivity index (χ0v) is 55.1. The molecule has 3 aliphatic rings. The van der Waals surface area contributed by atoms with E-state index in [2.05, 4.69) is 10.2 Å². The summed E-state index contributed by atoms with van der Waals surface area (Å²) in [5, 5.41) is 43.2. The molecule has 3 heterocycles. The van der Waals surface area contributed by atoms with Gasteiger partial charge >= 0.3 is 47.8 Å². The van der Waals surface area contributed by atoms with Crippen molar-refractivity contribution in [2.24, 2.45) is 10.4 Å². The maximum atomic E-state index is 13.5. The first-order valence-corrected chi connectivity index (χ1v) is 31.7. The lowest BCUT2D eigenvalue weighted by atomic mass is 9.61. The quantitative estimate of drug-likeness (QED) is 0.0230. The van der Waals surface area contributed by atoms with Crippen molar-refractivity contribution in [3.63, 3.8) is 0 Å². The van der Waals surface area contributed by atoms with E-state index in [1.54, 1.807) is 0 Å². The summed E-state index contributed by atoms with van der Waals surface area (Å²) in [4.78, 5) is 155. The minimum Gasteiger partial charge on any atom is -0.465 e. The van der Waals surface area contributed by atoms with Crippen molar-refractivity contribution in [3.05, 3.63) is 0 Å². The molecule has 3 saturated heterocycles. The second kappa shape index (κ2) is 35.7. The second-order valence-corrected chi connectivity index (χ2v) is 26.5. The lowest BCUT2D eigenvalue weighted by Gasteiger charge is -2.58. The van der Waals surface area contributed by atoms with E-state index < -0.39 is 167 Å². The molecule has 4 N–H and O–H groups in total. The number of nitrogens with zero attached hydrogens (tertiary/aromatic N) is 1. The Labute approximate surface area is 533 Å². The predicted molar refractivity (Wildman–Crippen MR) is 318 cm³/mol. The van der Waals surface area contributed by atoms with Crippen LogP contribution in [0.25, 0.3) is 0 Å². The Hall–Kier alpha value is -4.99. The number of isothiocyanates is 1. The number of carbonyl (C=O) groups excluding carboxylic acids is 12. The Morgan fingerprint density at radius 1 is 0.472 bits per heavy atom. The molecule has 502 valence electrons. The second-order valence-electron chi connectivity index (χ2n) is 22.0. The van der Waals surface area contributed by atoms with Crippen molar-refractivity contribution in [3.8, 4) is 0 Å². The van der Waals surface area contributed by atoms with Crippen LogP contribution in [0.2, 0.25) is 0 Å². The van der Waals surface area contributed by atoms with E-state index in [9.17, 15) is 78.0 Å². The maximum Gasteiger partial charge on any atom is 0.303 e. The predicted octanol–water partition coefficient (Wildman–Crippen LogP) is 1.54. The lowest BCUT2D eigenvalue weighted by molar-refractivity contribution is -0.235. The Balaban J connectivity index is 2.01. The molecule has 1 unspecified atom stereocenters. The van der Waals surface area contributed by atoms with Gasteiger partial charge < -0.3 is 72.5 Å². The molecule has 0 aromatic carbocycles. The molecule has 3 rings (SSSR count). The molecule has 0 bridgehead atoms. The van der Waals surface area contributed by atoms with Gasteiger partial charge in [-0.15, -0.1) is 35.3 Å². The first-order valence-electron chi connectivity index (χ1n) is 28.5. The Morgan fingerprint density at radius 3 is 1.11 bits per heavy atom. The standard InChI is InChI=1S/C57H83NO27S4/c1-29(59)46(71)53-56(73,31(3)61)57(74,32(4)62)55(72,30(2)60)45(89-53)18-15-21-77-27-54(24-58-28-86,25-75-19-13-16-41-47(80-35(7)65)51(84-39(11)69)49(82-37(9)67)43(87-41)22-78-33(5)63)26-76-20-14-17-42-48(81-36(8)66)52(85-40(12)70)50(83-38(10)68)44(88-42)23-79-34(6)64/h41-53,71-74H,13-27H2,1-12H3/t41-,42-,43+,44+,45-,46?,47-,48-,49-,50-,51-,52-,53+,55+,56-,57-/m1/s1. The van der Waals surface area contributed by atoms with Crippen LogP contribution in [0.5, 0.6) is 0 Å². The molecule has 3 fully saturated rings. The smallest absolute Gasteiger partial charge is 0.303 e. The number of Topliss-reactive ketones (excluding diaryl/α,β-unsaturated/α-hetero) is 4. The van der Waals surface area contributed by atoms with Crippen LogP contribution in [0.3, 0.4) is 0 Å². The van der Waals surface area contributed by atoms with Crippen molar-refractivity contribution >= 4 is 124 Å². The topological polar surface area (TPSA) is 400 Å². The molecule has 28 nitrogen and oxygen atoms in total.